The second-order valence-electron chi connectivity index (χ2n) is 4.60. The summed E-state index contributed by atoms with van der Waals surface area (Å²) in [4.78, 5) is 0. The van der Waals surface area contributed by atoms with Crippen molar-refractivity contribution in [3.63, 3.8) is 0 Å². The van der Waals surface area contributed by atoms with Gasteiger partial charge in [-0.3, -0.25) is 11.3 Å². The van der Waals surface area contributed by atoms with Crippen molar-refractivity contribution in [1.29, 1.82) is 0 Å². The number of benzene rings is 2. The van der Waals surface area contributed by atoms with Crippen molar-refractivity contribution in [3.8, 4) is 0 Å². The van der Waals surface area contributed by atoms with Crippen LogP contribution in [0.25, 0.3) is 0 Å². The van der Waals surface area contributed by atoms with E-state index < -0.39 is 0 Å². The van der Waals surface area contributed by atoms with Gasteiger partial charge in [0.2, 0.25) is 0 Å². The number of hydrogen-bond acceptors (Lipinski definition) is 2. The van der Waals surface area contributed by atoms with Crippen LogP contribution >= 0.6 is 39.1 Å². The molecule has 0 fully saturated rings. The monoisotopic (exact) mass is 372 g/mol. The molecule has 106 valence electrons. The van der Waals surface area contributed by atoms with Crippen molar-refractivity contribution in [2.24, 2.45) is 5.84 Å². The molecule has 0 aromatic heterocycles. The predicted octanol–water partition coefficient (Wildman–Crippen LogP) is 4.81. The summed E-state index contributed by atoms with van der Waals surface area (Å²) < 4.78 is 1.05. The van der Waals surface area contributed by atoms with E-state index in [0.717, 1.165) is 21.2 Å². The number of nitrogens with one attached hydrogen (secondary N) is 1. The summed E-state index contributed by atoms with van der Waals surface area (Å²) in [7, 11) is 0. The van der Waals surface area contributed by atoms with Crippen molar-refractivity contribution in [3.05, 3.63) is 67.6 Å². The van der Waals surface area contributed by atoms with Crippen LogP contribution in [0.3, 0.4) is 0 Å². The second-order valence-corrected chi connectivity index (χ2v) is 6.21. The lowest BCUT2D eigenvalue weighted by Crippen LogP contribution is -2.30. The molecule has 2 rings (SSSR count). The fourth-order valence-corrected chi connectivity index (χ4v) is 3.22. The highest BCUT2D eigenvalue weighted by atomic mass is 79.9. The fourth-order valence-electron chi connectivity index (χ4n) is 2.13. The van der Waals surface area contributed by atoms with Crippen LogP contribution in [0.5, 0.6) is 0 Å². The Balaban J connectivity index is 2.37. The van der Waals surface area contributed by atoms with E-state index in [1.54, 1.807) is 0 Å². The van der Waals surface area contributed by atoms with Crippen LogP contribution < -0.4 is 11.3 Å². The summed E-state index contributed by atoms with van der Waals surface area (Å²) in [6.45, 7) is 2.05. The third-order valence-corrected chi connectivity index (χ3v) is 5.06. The Morgan fingerprint density at radius 1 is 1.15 bits per heavy atom. The topological polar surface area (TPSA) is 38.0 Å². The summed E-state index contributed by atoms with van der Waals surface area (Å²) >= 11 is 16.1. The van der Waals surface area contributed by atoms with E-state index in [-0.39, 0.29) is 6.04 Å². The van der Waals surface area contributed by atoms with Gasteiger partial charge in [0, 0.05) is 14.5 Å². The van der Waals surface area contributed by atoms with E-state index in [2.05, 4.69) is 21.4 Å². The fraction of sp³-hybridized carbons (Fsp3) is 0.200. The molecule has 0 aliphatic heterocycles. The van der Waals surface area contributed by atoms with Crippen LogP contribution in [0.2, 0.25) is 10.0 Å². The number of aryl methyl sites for hydroxylation is 1. The molecular weight excluding hydrogens is 359 g/mol. The quantitative estimate of drug-likeness (QED) is 0.596. The molecule has 20 heavy (non-hydrogen) atoms. The Hall–Kier alpha value is -0.580. The van der Waals surface area contributed by atoms with E-state index in [1.165, 1.54) is 0 Å². The van der Waals surface area contributed by atoms with Crippen LogP contribution in [0, 0.1) is 6.92 Å². The van der Waals surface area contributed by atoms with Gasteiger partial charge in [0.25, 0.3) is 0 Å². The first kappa shape index (κ1) is 15.8. The van der Waals surface area contributed by atoms with E-state index in [9.17, 15) is 0 Å². The number of nitrogens with two attached hydrogens (primary N) is 1. The van der Waals surface area contributed by atoms with Crippen LogP contribution in [0.1, 0.15) is 22.7 Å². The molecule has 5 heteroatoms. The van der Waals surface area contributed by atoms with E-state index in [4.69, 9.17) is 29.0 Å². The number of halogens is 3. The highest BCUT2D eigenvalue weighted by Gasteiger charge is 2.17. The molecule has 3 N–H and O–H groups in total. The van der Waals surface area contributed by atoms with E-state index in [0.29, 0.717) is 16.5 Å². The average Bonchev–Trinajstić information content (AvgIpc) is 2.42. The Morgan fingerprint density at radius 2 is 1.75 bits per heavy atom. The van der Waals surface area contributed by atoms with Crippen LogP contribution in [-0.4, -0.2) is 0 Å². The minimum absolute atomic E-state index is 0.0679. The Morgan fingerprint density at radius 3 is 2.35 bits per heavy atom. The average molecular weight is 374 g/mol. The molecule has 0 amide bonds. The maximum Gasteiger partial charge on any atom is 0.0512 e. The third-order valence-electron chi connectivity index (χ3n) is 3.27. The lowest BCUT2D eigenvalue weighted by molar-refractivity contribution is 0.550. The normalized spacial score (nSPS) is 12.4. The summed E-state index contributed by atoms with van der Waals surface area (Å²) in [5.41, 5.74) is 5.98. The molecule has 0 spiro atoms. The zero-order chi connectivity index (χ0) is 14.7. The molecule has 0 heterocycles. The zero-order valence-electron chi connectivity index (χ0n) is 11.0. The summed E-state index contributed by atoms with van der Waals surface area (Å²) in [5, 5.41) is 1.31. The van der Waals surface area contributed by atoms with E-state index in [1.807, 2.05) is 43.3 Å². The highest BCUT2D eigenvalue weighted by Crippen LogP contribution is 2.32. The lowest BCUT2D eigenvalue weighted by Gasteiger charge is -2.20. The maximum absolute atomic E-state index is 6.22. The standard InChI is InChI=1S/C15H15BrCl2N2/c1-9-4-2-5-10(15(9)16)14(20-19)8-11-12(17)6-3-7-13(11)18/h2-7,14,20H,8,19H2,1H3. The Bertz CT molecular complexity index is 597. The molecule has 1 unspecified atom stereocenters. The van der Waals surface area contributed by atoms with Crippen molar-refractivity contribution in [2.45, 2.75) is 19.4 Å². The minimum atomic E-state index is -0.0679. The van der Waals surface area contributed by atoms with Gasteiger partial charge in [-0.25, -0.2) is 0 Å². The smallest absolute Gasteiger partial charge is 0.0512 e. The molecule has 0 radical (unpaired) electrons. The molecule has 2 aromatic carbocycles. The maximum atomic E-state index is 6.22. The number of hydrogen-bond donors (Lipinski definition) is 2. The molecule has 0 saturated carbocycles. The van der Waals surface area contributed by atoms with Crippen molar-refractivity contribution < 1.29 is 0 Å². The summed E-state index contributed by atoms with van der Waals surface area (Å²) in [5.74, 6) is 5.71. The molecule has 1 atom stereocenters. The van der Waals surface area contributed by atoms with Gasteiger partial charge in [-0.15, -0.1) is 0 Å². The van der Waals surface area contributed by atoms with Gasteiger partial charge >= 0.3 is 0 Å². The van der Waals surface area contributed by atoms with Gasteiger partial charge in [-0.2, -0.15) is 0 Å². The Kier molecular flexibility index (Phi) is 5.47. The largest absolute Gasteiger partial charge is 0.271 e. The van der Waals surface area contributed by atoms with Crippen LogP contribution in [0.15, 0.2) is 40.9 Å². The first-order valence-corrected chi connectivity index (χ1v) is 7.73. The number of hydrazine groups is 1. The first-order chi connectivity index (χ1) is 9.54. The van der Waals surface area contributed by atoms with Gasteiger partial charge in [0.05, 0.1) is 6.04 Å². The van der Waals surface area contributed by atoms with E-state index >= 15 is 0 Å². The Labute approximate surface area is 137 Å². The van der Waals surface area contributed by atoms with Gasteiger partial charge in [0.15, 0.2) is 0 Å². The molecule has 0 aliphatic carbocycles. The van der Waals surface area contributed by atoms with Crippen molar-refractivity contribution in [2.75, 3.05) is 0 Å². The summed E-state index contributed by atoms with van der Waals surface area (Å²) in [6.07, 6.45) is 0.622. The molecule has 2 nitrogen and oxygen atoms in total. The molecule has 0 saturated heterocycles. The van der Waals surface area contributed by atoms with Crippen LogP contribution in [0.4, 0.5) is 0 Å². The molecular formula is C15H15BrCl2N2. The molecule has 2 aromatic rings. The lowest BCUT2D eigenvalue weighted by atomic mass is 9.98. The SMILES string of the molecule is Cc1cccc(C(Cc2c(Cl)cccc2Cl)NN)c1Br. The molecule has 0 bridgehead atoms. The predicted molar refractivity (Wildman–Crippen MR) is 89.1 cm³/mol. The minimum Gasteiger partial charge on any atom is -0.271 e. The third kappa shape index (κ3) is 3.35. The highest BCUT2D eigenvalue weighted by molar-refractivity contribution is 9.10. The van der Waals surface area contributed by atoms with Crippen molar-refractivity contribution in [1.82, 2.24) is 5.43 Å². The molecule has 0 aliphatic rings. The summed E-state index contributed by atoms with van der Waals surface area (Å²) in [6, 6.07) is 11.5. The first-order valence-electron chi connectivity index (χ1n) is 6.18. The van der Waals surface area contributed by atoms with Crippen molar-refractivity contribution >= 4 is 39.1 Å². The number of rotatable bonds is 4. The van der Waals surface area contributed by atoms with Crippen LogP contribution in [-0.2, 0) is 6.42 Å². The van der Waals surface area contributed by atoms with Gasteiger partial charge < -0.3 is 0 Å². The van der Waals surface area contributed by atoms with Gasteiger partial charge in [-0.05, 0) is 42.2 Å². The second kappa shape index (κ2) is 6.92. The van der Waals surface area contributed by atoms with Gasteiger partial charge in [0.1, 0.15) is 0 Å². The van der Waals surface area contributed by atoms with Gasteiger partial charge in [-0.1, -0.05) is 63.4 Å². The zero-order valence-corrected chi connectivity index (χ0v) is 14.1.